The van der Waals surface area contributed by atoms with Crippen LogP contribution in [-0.4, -0.2) is 31.4 Å². The maximum Gasteiger partial charge on any atom is 0.229 e. The van der Waals surface area contributed by atoms with Gasteiger partial charge in [-0.3, -0.25) is 9.58 Å². The van der Waals surface area contributed by atoms with Crippen LogP contribution in [0, 0.1) is 0 Å². The van der Waals surface area contributed by atoms with E-state index in [1.54, 1.807) is 0 Å². The predicted molar refractivity (Wildman–Crippen MR) is 81.3 cm³/mol. The van der Waals surface area contributed by atoms with Crippen molar-refractivity contribution in [2.75, 3.05) is 6.54 Å². The highest BCUT2D eigenvalue weighted by Gasteiger charge is 2.34. The summed E-state index contributed by atoms with van der Waals surface area (Å²) in [5.41, 5.74) is 1.12. The van der Waals surface area contributed by atoms with Gasteiger partial charge in [-0.2, -0.15) is 10.1 Å². The quantitative estimate of drug-likeness (QED) is 0.849. The zero-order valence-corrected chi connectivity index (χ0v) is 13.3. The SMILES string of the molecule is CC(C)n1ccc(CN2CCC[C@@H]2c2noc(C3CC3)n2)n1. The Morgan fingerprint density at radius 2 is 2.18 bits per heavy atom. The molecule has 22 heavy (non-hydrogen) atoms. The lowest BCUT2D eigenvalue weighted by molar-refractivity contribution is 0.230. The summed E-state index contributed by atoms with van der Waals surface area (Å²) in [7, 11) is 0. The van der Waals surface area contributed by atoms with Crippen molar-refractivity contribution in [3.05, 3.63) is 29.7 Å². The lowest BCUT2D eigenvalue weighted by Crippen LogP contribution is -2.24. The number of rotatable bonds is 5. The molecule has 118 valence electrons. The van der Waals surface area contributed by atoms with Crippen molar-refractivity contribution in [3.8, 4) is 0 Å². The summed E-state index contributed by atoms with van der Waals surface area (Å²) in [6.07, 6.45) is 6.74. The first-order valence-electron chi connectivity index (χ1n) is 8.32. The molecule has 6 nitrogen and oxygen atoms in total. The molecule has 4 rings (SSSR count). The van der Waals surface area contributed by atoms with E-state index in [0.717, 1.165) is 36.9 Å². The first-order chi connectivity index (χ1) is 10.7. The second kappa shape index (κ2) is 5.50. The number of hydrogen-bond acceptors (Lipinski definition) is 5. The largest absolute Gasteiger partial charge is 0.339 e. The van der Waals surface area contributed by atoms with Crippen LogP contribution in [0.2, 0.25) is 0 Å². The highest BCUT2D eigenvalue weighted by atomic mass is 16.5. The molecule has 1 aliphatic heterocycles. The third-order valence-electron chi connectivity index (χ3n) is 4.60. The first kappa shape index (κ1) is 13.9. The van der Waals surface area contributed by atoms with E-state index < -0.39 is 0 Å². The Kier molecular flexibility index (Phi) is 3.48. The summed E-state index contributed by atoms with van der Waals surface area (Å²) in [5, 5.41) is 8.89. The van der Waals surface area contributed by atoms with E-state index in [4.69, 9.17) is 4.52 Å². The van der Waals surface area contributed by atoms with E-state index >= 15 is 0 Å². The van der Waals surface area contributed by atoms with Crippen LogP contribution in [0.1, 0.15) is 74.9 Å². The lowest BCUT2D eigenvalue weighted by Gasteiger charge is -2.20. The number of aromatic nitrogens is 4. The van der Waals surface area contributed by atoms with Crippen LogP contribution >= 0.6 is 0 Å². The van der Waals surface area contributed by atoms with Crippen molar-refractivity contribution >= 4 is 0 Å². The van der Waals surface area contributed by atoms with Crippen LogP contribution < -0.4 is 0 Å². The number of likely N-dealkylation sites (tertiary alicyclic amines) is 1. The van der Waals surface area contributed by atoms with Gasteiger partial charge in [-0.05, 0) is 52.1 Å². The van der Waals surface area contributed by atoms with Crippen LogP contribution in [0.5, 0.6) is 0 Å². The van der Waals surface area contributed by atoms with Gasteiger partial charge in [0, 0.05) is 24.7 Å². The average molecular weight is 301 g/mol. The van der Waals surface area contributed by atoms with Gasteiger partial charge in [-0.15, -0.1) is 0 Å². The molecule has 2 aromatic rings. The van der Waals surface area contributed by atoms with Crippen molar-refractivity contribution in [1.29, 1.82) is 0 Å². The van der Waals surface area contributed by atoms with E-state index in [-0.39, 0.29) is 6.04 Å². The molecular weight excluding hydrogens is 278 g/mol. The van der Waals surface area contributed by atoms with Crippen LogP contribution in [0.15, 0.2) is 16.8 Å². The molecule has 0 N–H and O–H groups in total. The van der Waals surface area contributed by atoms with E-state index in [1.807, 2.05) is 4.68 Å². The predicted octanol–water partition coefficient (Wildman–Crippen LogP) is 3.06. The molecular formula is C16H23N5O. The minimum absolute atomic E-state index is 0.278. The molecule has 0 aromatic carbocycles. The average Bonchev–Trinajstić information content (AvgIpc) is 2.95. The molecule has 0 bridgehead atoms. The van der Waals surface area contributed by atoms with Crippen molar-refractivity contribution in [3.63, 3.8) is 0 Å². The van der Waals surface area contributed by atoms with Gasteiger partial charge in [0.1, 0.15) is 0 Å². The lowest BCUT2D eigenvalue weighted by atomic mass is 10.2. The number of nitrogens with zero attached hydrogens (tertiary/aromatic N) is 5. The Labute approximate surface area is 130 Å². The van der Waals surface area contributed by atoms with Gasteiger partial charge in [0.15, 0.2) is 5.82 Å². The van der Waals surface area contributed by atoms with Gasteiger partial charge in [-0.25, -0.2) is 0 Å². The minimum atomic E-state index is 0.278. The van der Waals surface area contributed by atoms with Gasteiger partial charge in [-0.1, -0.05) is 5.16 Å². The third-order valence-corrected chi connectivity index (χ3v) is 4.60. The maximum absolute atomic E-state index is 5.43. The minimum Gasteiger partial charge on any atom is -0.339 e. The summed E-state index contributed by atoms with van der Waals surface area (Å²) in [6.45, 7) is 6.23. The summed E-state index contributed by atoms with van der Waals surface area (Å²) in [5.74, 6) is 2.23. The smallest absolute Gasteiger partial charge is 0.229 e. The monoisotopic (exact) mass is 301 g/mol. The third kappa shape index (κ3) is 2.67. The van der Waals surface area contributed by atoms with E-state index in [9.17, 15) is 0 Å². The van der Waals surface area contributed by atoms with Gasteiger partial charge >= 0.3 is 0 Å². The zero-order chi connectivity index (χ0) is 15.1. The Morgan fingerprint density at radius 3 is 2.91 bits per heavy atom. The molecule has 2 fully saturated rings. The zero-order valence-electron chi connectivity index (χ0n) is 13.3. The molecule has 1 atom stereocenters. The molecule has 0 amide bonds. The molecule has 0 spiro atoms. The molecule has 0 unspecified atom stereocenters. The normalized spacial score (nSPS) is 22.8. The second-order valence-electron chi connectivity index (χ2n) is 6.77. The van der Waals surface area contributed by atoms with E-state index in [0.29, 0.717) is 12.0 Å². The van der Waals surface area contributed by atoms with Gasteiger partial charge < -0.3 is 4.52 Å². The topological polar surface area (TPSA) is 60.0 Å². The Bertz CT molecular complexity index is 643. The van der Waals surface area contributed by atoms with Crippen molar-refractivity contribution in [2.45, 2.75) is 64.1 Å². The highest BCUT2D eigenvalue weighted by Crippen LogP contribution is 2.40. The molecule has 3 heterocycles. The van der Waals surface area contributed by atoms with E-state index in [2.05, 4.69) is 46.2 Å². The fourth-order valence-electron chi connectivity index (χ4n) is 3.14. The molecule has 2 aromatic heterocycles. The molecule has 6 heteroatoms. The second-order valence-corrected chi connectivity index (χ2v) is 6.77. The molecule has 1 saturated heterocycles. The first-order valence-corrected chi connectivity index (χ1v) is 8.32. The van der Waals surface area contributed by atoms with Crippen LogP contribution in [0.25, 0.3) is 0 Å². The van der Waals surface area contributed by atoms with Gasteiger partial charge in [0.05, 0.1) is 11.7 Å². The number of hydrogen-bond donors (Lipinski definition) is 0. The summed E-state index contributed by atoms with van der Waals surface area (Å²) in [6, 6.07) is 2.79. The standard InChI is InChI=1S/C16H23N5O/c1-11(2)21-9-7-13(18-21)10-20-8-3-4-14(20)15-17-16(22-19-15)12-5-6-12/h7,9,11-12,14H,3-6,8,10H2,1-2H3/t14-/m1/s1. The molecule has 1 aliphatic carbocycles. The summed E-state index contributed by atoms with van der Waals surface area (Å²) >= 11 is 0. The fourth-order valence-corrected chi connectivity index (χ4v) is 3.14. The van der Waals surface area contributed by atoms with Gasteiger partial charge in [0.2, 0.25) is 5.89 Å². The van der Waals surface area contributed by atoms with Crippen LogP contribution in [-0.2, 0) is 6.54 Å². The summed E-state index contributed by atoms with van der Waals surface area (Å²) < 4.78 is 7.44. The molecule has 1 saturated carbocycles. The highest BCUT2D eigenvalue weighted by molar-refractivity contribution is 5.07. The van der Waals surface area contributed by atoms with Crippen molar-refractivity contribution < 1.29 is 4.52 Å². The Hall–Kier alpha value is -1.69. The summed E-state index contributed by atoms with van der Waals surface area (Å²) in [4.78, 5) is 7.06. The Balaban J connectivity index is 1.47. The maximum atomic E-state index is 5.43. The van der Waals surface area contributed by atoms with E-state index in [1.165, 1.54) is 19.3 Å². The van der Waals surface area contributed by atoms with Crippen molar-refractivity contribution in [1.82, 2.24) is 24.8 Å². The van der Waals surface area contributed by atoms with Crippen LogP contribution in [0.3, 0.4) is 0 Å². The Morgan fingerprint density at radius 1 is 1.32 bits per heavy atom. The molecule has 2 aliphatic rings. The van der Waals surface area contributed by atoms with Crippen LogP contribution in [0.4, 0.5) is 0 Å². The fraction of sp³-hybridized carbons (Fsp3) is 0.688. The van der Waals surface area contributed by atoms with Crippen molar-refractivity contribution in [2.24, 2.45) is 0 Å². The van der Waals surface area contributed by atoms with Gasteiger partial charge in [0.25, 0.3) is 0 Å². The molecule has 0 radical (unpaired) electrons.